The highest BCUT2D eigenvalue weighted by Crippen LogP contribution is 2.17. The van der Waals surface area contributed by atoms with Crippen LogP contribution in [0.15, 0.2) is 59.5 Å². The summed E-state index contributed by atoms with van der Waals surface area (Å²) in [4.78, 5) is 22.3. The highest BCUT2D eigenvalue weighted by molar-refractivity contribution is 7.90. The molecule has 1 atom stereocenters. The molecular formula is C17H16ClNO4S. The molecule has 0 spiro atoms. The van der Waals surface area contributed by atoms with E-state index in [0.29, 0.717) is 11.1 Å². The second kappa shape index (κ2) is 7.70. The lowest BCUT2D eigenvalue weighted by atomic mass is 10.0. The Kier molecular flexibility index (Phi) is 5.88. The molecule has 126 valence electrons. The van der Waals surface area contributed by atoms with Crippen LogP contribution in [0, 0.1) is 0 Å². The minimum Gasteiger partial charge on any atom is -0.321 e. The summed E-state index contributed by atoms with van der Waals surface area (Å²) in [5, 5.41) is -1.11. The largest absolute Gasteiger partial charge is 0.321 e. The molecule has 2 N–H and O–H groups in total. The molecule has 2 aromatic carbocycles. The molecule has 0 aliphatic heterocycles. The molecule has 0 amide bonds. The van der Waals surface area contributed by atoms with Crippen molar-refractivity contribution < 1.29 is 18.0 Å². The fraction of sp³-hybridized carbons (Fsp3) is 0.176. The van der Waals surface area contributed by atoms with Crippen molar-refractivity contribution in [3.05, 3.63) is 65.7 Å². The number of carbonyl (C=O) groups excluding carboxylic acids is 2. The lowest BCUT2D eigenvalue weighted by Crippen LogP contribution is -2.35. The van der Waals surface area contributed by atoms with E-state index < -0.39 is 26.9 Å². The molecule has 2 rings (SSSR count). The van der Waals surface area contributed by atoms with E-state index in [1.807, 2.05) is 6.07 Å². The Morgan fingerprint density at radius 2 is 1.54 bits per heavy atom. The van der Waals surface area contributed by atoms with Crippen molar-refractivity contribution in [2.45, 2.75) is 23.1 Å². The highest BCUT2D eigenvalue weighted by Gasteiger charge is 2.21. The Morgan fingerprint density at radius 3 is 2.08 bits per heavy atom. The van der Waals surface area contributed by atoms with Gasteiger partial charge in [-0.2, -0.15) is 0 Å². The Morgan fingerprint density at radius 1 is 0.958 bits per heavy atom. The average molecular weight is 366 g/mol. The minimum atomic E-state index is -3.46. The van der Waals surface area contributed by atoms with Crippen LogP contribution in [0.1, 0.15) is 11.1 Å². The molecule has 0 aliphatic carbocycles. The number of sulfone groups is 1. The molecule has 0 fully saturated rings. The quantitative estimate of drug-likeness (QED) is 0.597. The Balaban J connectivity index is 2.11. The number of hydrogen-bond donors (Lipinski definition) is 1. The van der Waals surface area contributed by atoms with Gasteiger partial charge in [0.2, 0.25) is 5.78 Å². The first-order valence-electron chi connectivity index (χ1n) is 7.14. The molecule has 0 unspecified atom stereocenters. The molecule has 24 heavy (non-hydrogen) atoms. The third-order valence-corrected chi connectivity index (χ3v) is 5.36. The summed E-state index contributed by atoms with van der Waals surface area (Å²) >= 11 is 5.10. The molecule has 5 nitrogen and oxygen atoms in total. The Hall–Kier alpha value is -2.02. The van der Waals surface area contributed by atoms with Crippen molar-refractivity contribution in [2.75, 3.05) is 0 Å². The number of hydrogen-bond acceptors (Lipinski definition) is 5. The number of benzene rings is 2. The van der Waals surface area contributed by atoms with E-state index in [1.165, 1.54) is 12.1 Å². The van der Waals surface area contributed by atoms with Crippen LogP contribution in [-0.2, 0) is 31.6 Å². The first-order chi connectivity index (χ1) is 11.3. The first-order valence-corrected chi connectivity index (χ1v) is 9.17. The lowest BCUT2D eigenvalue weighted by molar-refractivity contribution is -0.132. The van der Waals surface area contributed by atoms with Crippen LogP contribution in [0.2, 0.25) is 0 Å². The molecule has 0 radical (unpaired) electrons. The maximum absolute atomic E-state index is 12.4. The van der Waals surface area contributed by atoms with E-state index in [4.69, 9.17) is 17.3 Å². The third kappa shape index (κ3) is 4.74. The number of ketones is 1. The maximum Gasteiger partial charge on any atom is 0.289 e. The molecule has 0 heterocycles. The zero-order valence-electron chi connectivity index (χ0n) is 12.7. The number of halogens is 1. The smallest absolute Gasteiger partial charge is 0.289 e. The van der Waals surface area contributed by atoms with Gasteiger partial charge in [0.25, 0.3) is 5.24 Å². The number of rotatable bonds is 7. The molecule has 2 aromatic rings. The Bertz CT molecular complexity index is 833. The Labute approximate surface area is 145 Å². The van der Waals surface area contributed by atoms with Crippen molar-refractivity contribution in [3.8, 4) is 0 Å². The predicted octanol–water partition coefficient (Wildman–Crippen LogP) is 1.86. The van der Waals surface area contributed by atoms with E-state index in [9.17, 15) is 18.0 Å². The topological polar surface area (TPSA) is 94.3 Å². The zero-order chi connectivity index (χ0) is 17.7. The summed E-state index contributed by atoms with van der Waals surface area (Å²) in [6, 6.07) is 13.9. The zero-order valence-corrected chi connectivity index (χ0v) is 14.3. The SMILES string of the molecule is N[C@@H](Cc1ccc(S(=O)(=O)Cc2ccccc2)cc1)C(=O)C(=O)Cl. The standard InChI is InChI=1S/C17H16ClNO4S/c18-17(21)16(20)15(19)10-12-6-8-14(9-7-12)24(22,23)11-13-4-2-1-3-5-13/h1-9,15H,10-11,19H2/t15-/m0/s1. The van der Waals surface area contributed by atoms with Crippen molar-refractivity contribution in [1.29, 1.82) is 0 Å². The maximum atomic E-state index is 12.4. The fourth-order valence-corrected chi connectivity index (χ4v) is 3.69. The third-order valence-electron chi connectivity index (χ3n) is 3.47. The summed E-state index contributed by atoms with van der Waals surface area (Å²) in [5.41, 5.74) is 6.95. The van der Waals surface area contributed by atoms with Crippen molar-refractivity contribution in [2.24, 2.45) is 5.73 Å². The molecule has 0 saturated heterocycles. The van der Waals surface area contributed by atoms with Gasteiger partial charge in [0.15, 0.2) is 9.84 Å². The van der Waals surface area contributed by atoms with Crippen LogP contribution in [0.4, 0.5) is 0 Å². The van der Waals surface area contributed by atoms with Gasteiger partial charge in [-0.1, -0.05) is 42.5 Å². The monoisotopic (exact) mass is 365 g/mol. The van der Waals surface area contributed by atoms with E-state index in [0.717, 1.165) is 0 Å². The highest BCUT2D eigenvalue weighted by atomic mass is 35.5. The number of nitrogens with two attached hydrogens (primary N) is 1. The molecule has 0 aromatic heterocycles. The lowest BCUT2D eigenvalue weighted by Gasteiger charge is -2.09. The second-order valence-corrected chi connectivity index (χ2v) is 7.67. The van der Waals surface area contributed by atoms with Gasteiger partial charge in [-0.05, 0) is 41.3 Å². The van der Waals surface area contributed by atoms with Crippen LogP contribution in [-0.4, -0.2) is 25.5 Å². The van der Waals surface area contributed by atoms with Crippen LogP contribution >= 0.6 is 11.6 Å². The van der Waals surface area contributed by atoms with Crippen LogP contribution in [0.25, 0.3) is 0 Å². The van der Waals surface area contributed by atoms with E-state index in [1.54, 1.807) is 36.4 Å². The van der Waals surface area contributed by atoms with Crippen molar-refractivity contribution in [1.82, 2.24) is 0 Å². The normalized spacial score (nSPS) is 12.6. The van der Waals surface area contributed by atoms with Gasteiger partial charge < -0.3 is 5.73 Å². The van der Waals surface area contributed by atoms with Crippen LogP contribution < -0.4 is 5.73 Å². The summed E-state index contributed by atoms with van der Waals surface area (Å²) in [6.45, 7) is 0. The summed E-state index contributed by atoms with van der Waals surface area (Å²) in [7, 11) is -3.46. The summed E-state index contributed by atoms with van der Waals surface area (Å²) < 4.78 is 24.8. The first kappa shape index (κ1) is 18.3. The van der Waals surface area contributed by atoms with E-state index >= 15 is 0 Å². The van der Waals surface area contributed by atoms with Gasteiger partial charge in [0.1, 0.15) is 0 Å². The fourth-order valence-electron chi connectivity index (χ4n) is 2.20. The number of Topliss-reactive ketones (excluding diaryl/α,β-unsaturated/α-hetero) is 1. The van der Waals surface area contributed by atoms with Crippen molar-refractivity contribution in [3.63, 3.8) is 0 Å². The van der Waals surface area contributed by atoms with Crippen LogP contribution in [0.3, 0.4) is 0 Å². The summed E-state index contributed by atoms with van der Waals surface area (Å²) in [6.07, 6.45) is 0.107. The summed E-state index contributed by atoms with van der Waals surface area (Å²) in [5.74, 6) is -0.955. The molecule has 0 aliphatic rings. The molecule has 0 bridgehead atoms. The molecular weight excluding hydrogens is 350 g/mol. The van der Waals surface area contributed by atoms with Crippen LogP contribution in [0.5, 0.6) is 0 Å². The van der Waals surface area contributed by atoms with Gasteiger partial charge in [0.05, 0.1) is 16.7 Å². The van der Waals surface area contributed by atoms with Gasteiger partial charge in [0, 0.05) is 0 Å². The van der Waals surface area contributed by atoms with Gasteiger partial charge in [-0.3, -0.25) is 9.59 Å². The van der Waals surface area contributed by atoms with E-state index in [2.05, 4.69) is 0 Å². The molecule has 0 saturated carbocycles. The van der Waals surface area contributed by atoms with Gasteiger partial charge in [-0.25, -0.2) is 8.42 Å². The second-order valence-electron chi connectivity index (χ2n) is 5.34. The average Bonchev–Trinajstić information content (AvgIpc) is 2.55. The minimum absolute atomic E-state index is 0.0913. The molecule has 7 heteroatoms. The number of carbonyl (C=O) groups is 2. The van der Waals surface area contributed by atoms with Gasteiger partial charge >= 0.3 is 0 Å². The van der Waals surface area contributed by atoms with Gasteiger partial charge in [-0.15, -0.1) is 0 Å². The predicted molar refractivity (Wildman–Crippen MR) is 91.3 cm³/mol. The van der Waals surface area contributed by atoms with Crippen molar-refractivity contribution >= 4 is 32.5 Å². The van der Waals surface area contributed by atoms with E-state index in [-0.39, 0.29) is 17.1 Å².